The van der Waals surface area contributed by atoms with Crippen molar-refractivity contribution in [3.63, 3.8) is 0 Å². The Bertz CT molecular complexity index is 354. The van der Waals surface area contributed by atoms with Crippen molar-refractivity contribution in [2.45, 2.75) is 52.9 Å². The van der Waals surface area contributed by atoms with Crippen LogP contribution in [-0.4, -0.2) is 5.78 Å². The number of Topliss-reactive ketones (excluding diaryl/α,β-unsaturated/α-hetero) is 1. The highest BCUT2D eigenvalue weighted by Gasteiger charge is 2.15. The highest BCUT2D eigenvalue weighted by molar-refractivity contribution is 5.83. The lowest BCUT2D eigenvalue weighted by Gasteiger charge is -2.12. The average Bonchev–Trinajstić information content (AvgIpc) is 2.36. The molecule has 0 radical (unpaired) electrons. The molecule has 0 aliphatic carbocycles. The lowest BCUT2D eigenvalue weighted by atomic mass is 9.91. The van der Waals surface area contributed by atoms with E-state index in [1.807, 2.05) is 0 Å². The van der Waals surface area contributed by atoms with Crippen LogP contribution in [0.15, 0.2) is 24.3 Å². The molecule has 0 saturated heterocycles. The third kappa shape index (κ3) is 4.33. The topological polar surface area (TPSA) is 17.1 Å². The van der Waals surface area contributed by atoms with Crippen LogP contribution in [0.4, 0.5) is 0 Å². The Kier molecular flexibility index (Phi) is 5.96. The molecular weight excluding hydrogens is 208 g/mol. The van der Waals surface area contributed by atoms with Crippen molar-refractivity contribution >= 4 is 5.78 Å². The Balaban J connectivity index is 2.65. The summed E-state index contributed by atoms with van der Waals surface area (Å²) < 4.78 is 0. The molecule has 0 spiro atoms. The molecule has 1 heteroatoms. The van der Waals surface area contributed by atoms with Crippen LogP contribution >= 0.6 is 0 Å². The number of benzene rings is 1. The first-order valence-corrected chi connectivity index (χ1v) is 6.81. The Hall–Kier alpha value is -1.11. The molecule has 0 heterocycles. The van der Waals surface area contributed by atoms with E-state index in [1.165, 1.54) is 11.1 Å². The van der Waals surface area contributed by atoms with Crippen LogP contribution in [0.3, 0.4) is 0 Å². The van der Waals surface area contributed by atoms with Gasteiger partial charge in [0.2, 0.25) is 0 Å². The molecule has 1 aromatic rings. The van der Waals surface area contributed by atoms with E-state index in [1.54, 1.807) is 0 Å². The van der Waals surface area contributed by atoms with Gasteiger partial charge in [-0.25, -0.2) is 0 Å². The molecule has 0 fully saturated rings. The number of hydrogen-bond acceptors (Lipinski definition) is 1. The first-order valence-electron chi connectivity index (χ1n) is 6.81. The normalized spacial score (nSPS) is 12.4. The van der Waals surface area contributed by atoms with E-state index in [9.17, 15) is 4.79 Å². The minimum atomic E-state index is 0.255. The molecule has 17 heavy (non-hydrogen) atoms. The minimum Gasteiger partial charge on any atom is -0.299 e. The zero-order chi connectivity index (χ0) is 12.7. The van der Waals surface area contributed by atoms with Crippen molar-refractivity contribution in [1.82, 2.24) is 0 Å². The lowest BCUT2D eigenvalue weighted by molar-refractivity contribution is -0.122. The molecule has 1 unspecified atom stereocenters. The molecule has 0 aliphatic rings. The molecule has 0 N–H and O–H groups in total. The average molecular weight is 232 g/mol. The second kappa shape index (κ2) is 7.26. The zero-order valence-electron chi connectivity index (χ0n) is 11.3. The molecule has 0 aliphatic heterocycles. The number of carbonyl (C=O) groups excluding carboxylic acids is 1. The van der Waals surface area contributed by atoms with Crippen LogP contribution in [0.2, 0.25) is 0 Å². The van der Waals surface area contributed by atoms with Crippen molar-refractivity contribution in [2.24, 2.45) is 5.92 Å². The van der Waals surface area contributed by atoms with Gasteiger partial charge in [0.1, 0.15) is 5.78 Å². The number of rotatable bonds is 7. The van der Waals surface area contributed by atoms with Crippen LogP contribution in [0.25, 0.3) is 0 Å². The minimum absolute atomic E-state index is 0.255. The van der Waals surface area contributed by atoms with Gasteiger partial charge >= 0.3 is 0 Å². The van der Waals surface area contributed by atoms with Gasteiger partial charge in [0.05, 0.1) is 0 Å². The Morgan fingerprint density at radius 2 is 1.88 bits per heavy atom. The summed E-state index contributed by atoms with van der Waals surface area (Å²) >= 11 is 0. The molecule has 1 atom stereocenters. The summed E-state index contributed by atoms with van der Waals surface area (Å²) in [5.41, 5.74) is 2.49. The molecule has 0 saturated carbocycles. The highest BCUT2D eigenvalue weighted by atomic mass is 16.1. The Labute approximate surface area is 105 Å². The molecule has 1 nitrogen and oxygen atoms in total. The van der Waals surface area contributed by atoms with Gasteiger partial charge in [-0.1, -0.05) is 51.5 Å². The smallest absolute Gasteiger partial charge is 0.140 e. The van der Waals surface area contributed by atoms with Crippen molar-refractivity contribution < 1.29 is 4.79 Å². The summed E-state index contributed by atoms with van der Waals surface area (Å²) in [5, 5.41) is 0. The first kappa shape index (κ1) is 14.0. The number of carbonyl (C=O) groups is 1. The summed E-state index contributed by atoms with van der Waals surface area (Å²) in [5.74, 6) is 0.660. The van der Waals surface area contributed by atoms with Gasteiger partial charge in [-0.05, 0) is 30.4 Å². The monoisotopic (exact) mass is 232 g/mol. The maximum absolute atomic E-state index is 12.1. The third-order valence-electron chi connectivity index (χ3n) is 3.36. The third-order valence-corrected chi connectivity index (χ3v) is 3.36. The predicted octanol–water partition coefficient (Wildman–Crippen LogP) is 4.19. The van der Waals surface area contributed by atoms with Gasteiger partial charge in [0.25, 0.3) is 0 Å². The van der Waals surface area contributed by atoms with Gasteiger partial charge in [-0.3, -0.25) is 4.79 Å². The van der Waals surface area contributed by atoms with Crippen molar-refractivity contribution in [2.75, 3.05) is 0 Å². The molecule has 1 aromatic carbocycles. The second-order valence-corrected chi connectivity index (χ2v) is 4.71. The summed E-state index contributed by atoms with van der Waals surface area (Å²) in [6.45, 7) is 6.40. The number of hydrogen-bond donors (Lipinski definition) is 0. The molecule has 0 bridgehead atoms. The Morgan fingerprint density at radius 3 is 2.47 bits per heavy atom. The van der Waals surface area contributed by atoms with E-state index in [4.69, 9.17) is 0 Å². The van der Waals surface area contributed by atoms with Crippen LogP contribution in [-0.2, 0) is 17.6 Å². The quantitative estimate of drug-likeness (QED) is 0.689. The number of aryl methyl sites for hydroxylation is 1. The van der Waals surface area contributed by atoms with Gasteiger partial charge in [0.15, 0.2) is 0 Å². The van der Waals surface area contributed by atoms with Crippen molar-refractivity contribution in [1.29, 1.82) is 0 Å². The number of ketones is 1. The van der Waals surface area contributed by atoms with E-state index >= 15 is 0 Å². The standard InChI is InChI=1S/C16H24O/c1-4-8-15(6-3)16(17)12-14-10-7-9-13(5-2)11-14/h7,9-11,15H,4-6,8,12H2,1-3H3. The maximum atomic E-state index is 12.1. The van der Waals surface area contributed by atoms with Crippen LogP contribution in [0.5, 0.6) is 0 Å². The lowest BCUT2D eigenvalue weighted by Crippen LogP contribution is -2.16. The molecule has 94 valence electrons. The van der Waals surface area contributed by atoms with Gasteiger partial charge in [0, 0.05) is 12.3 Å². The van der Waals surface area contributed by atoms with Crippen LogP contribution in [0.1, 0.15) is 51.2 Å². The van der Waals surface area contributed by atoms with Crippen molar-refractivity contribution in [3.05, 3.63) is 35.4 Å². The van der Waals surface area contributed by atoms with E-state index in [0.717, 1.165) is 25.7 Å². The van der Waals surface area contributed by atoms with E-state index in [2.05, 4.69) is 45.0 Å². The van der Waals surface area contributed by atoms with Crippen molar-refractivity contribution in [3.8, 4) is 0 Å². The summed E-state index contributed by atoms with van der Waals surface area (Å²) in [6.07, 6.45) is 4.74. The second-order valence-electron chi connectivity index (χ2n) is 4.71. The fourth-order valence-electron chi connectivity index (χ4n) is 2.25. The van der Waals surface area contributed by atoms with Crippen LogP contribution < -0.4 is 0 Å². The SMILES string of the molecule is CCCC(CC)C(=O)Cc1cccc(CC)c1. The fraction of sp³-hybridized carbons (Fsp3) is 0.562. The van der Waals surface area contributed by atoms with Crippen LogP contribution in [0, 0.1) is 5.92 Å². The zero-order valence-corrected chi connectivity index (χ0v) is 11.3. The predicted molar refractivity (Wildman–Crippen MR) is 73.2 cm³/mol. The maximum Gasteiger partial charge on any atom is 0.140 e. The van der Waals surface area contributed by atoms with Gasteiger partial charge < -0.3 is 0 Å². The summed E-state index contributed by atoms with van der Waals surface area (Å²) in [7, 11) is 0. The summed E-state index contributed by atoms with van der Waals surface area (Å²) in [6, 6.07) is 8.41. The molecule has 0 amide bonds. The van der Waals surface area contributed by atoms with E-state index in [-0.39, 0.29) is 5.92 Å². The van der Waals surface area contributed by atoms with E-state index in [0.29, 0.717) is 12.2 Å². The highest BCUT2D eigenvalue weighted by Crippen LogP contribution is 2.16. The molecule has 0 aromatic heterocycles. The molecular formula is C16H24O. The van der Waals surface area contributed by atoms with E-state index < -0.39 is 0 Å². The summed E-state index contributed by atoms with van der Waals surface area (Å²) in [4.78, 5) is 12.1. The largest absolute Gasteiger partial charge is 0.299 e. The molecule has 1 rings (SSSR count). The van der Waals surface area contributed by atoms with Gasteiger partial charge in [-0.15, -0.1) is 0 Å². The Morgan fingerprint density at radius 1 is 1.18 bits per heavy atom. The van der Waals surface area contributed by atoms with Gasteiger partial charge in [-0.2, -0.15) is 0 Å². The first-order chi connectivity index (χ1) is 8.21. The fourth-order valence-corrected chi connectivity index (χ4v) is 2.25.